The lowest BCUT2D eigenvalue weighted by Gasteiger charge is -2.05. The van der Waals surface area contributed by atoms with Gasteiger partial charge in [0.15, 0.2) is 0 Å². The Bertz CT molecular complexity index is 520. The minimum Gasteiger partial charge on any atom is -0.445 e. The number of carbonyl (C=O) groups is 1. The summed E-state index contributed by atoms with van der Waals surface area (Å²) in [7, 11) is 0. The summed E-state index contributed by atoms with van der Waals surface area (Å²) in [6, 6.07) is 7.30. The monoisotopic (exact) mass is 247 g/mol. The average Bonchev–Trinajstić information content (AvgIpc) is 3.16. The van der Waals surface area contributed by atoms with Crippen LogP contribution in [0.25, 0.3) is 0 Å². The Labute approximate surface area is 102 Å². The summed E-state index contributed by atoms with van der Waals surface area (Å²) < 4.78 is 4.95. The van der Waals surface area contributed by atoms with Crippen molar-refractivity contribution in [1.82, 2.24) is 4.90 Å². The quantitative estimate of drug-likeness (QED) is 0.457. The van der Waals surface area contributed by atoms with Crippen LogP contribution in [0.1, 0.15) is 5.56 Å². The molecule has 1 saturated heterocycles. The van der Waals surface area contributed by atoms with Gasteiger partial charge in [0.1, 0.15) is 12.6 Å². The van der Waals surface area contributed by atoms with E-state index in [0.29, 0.717) is 12.1 Å². The minimum atomic E-state index is -0.542. The van der Waals surface area contributed by atoms with E-state index >= 15 is 0 Å². The smallest absolute Gasteiger partial charge is 0.411 e. The Morgan fingerprint density at radius 3 is 2.72 bits per heavy atom. The highest BCUT2D eigenvalue weighted by atomic mass is 16.6. The van der Waals surface area contributed by atoms with E-state index in [2.05, 4.69) is 0 Å². The van der Waals surface area contributed by atoms with Gasteiger partial charge in [-0.1, -0.05) is 0 Å². The van der Waals surface area contributed by atoms with E-state index in [1.807, 2.05) is 6.07 Å². The SMILES string of the molecule is N#CC1CN1C(=O)OCc1ccc([N+](=O)[O-])cc1. The first-order valence-electron chi connectivity index (χ1n) is 5.18. The van der Waals surface area contributed by atoms with Gasteiger partial charge >= 0.3 is 6.09 Å². The molecule has 7 heteroatoms. The van der Waals surface area contributed by atoms with E-state index < -0.39 is 11.0 Å². The molecule has 0 N–H and O–H groups in total. The van der Waals surface area contributed by atoms with Crippen LogP contribution in [0.4, 0.5) is 10.5 Å². The molecular formula is C11H9N3O4. The fourth-order valence-electron chi connectivity index (χ4n) is 1.39. The third-order valence-electron chi connectivity index (χ3n) is 2.51. The molecule has 1 aromatic carbocycles. The number of non-ortho nitro benzene ring substituents is 1. The van der Waals surface area contributed by atoms with Crippen molar-refractivity contribution in [3.63, 3.8) is 0 Å². The van der Waals surface area contributed by atoms with E-state index in [1.54, 1.807) is 0 Å². The molecule has 0 spiro atoms. The Balaban J connectivity index is 1.85. The highest BCUT2D eigenvalue weighted by Gasteiger charge is 2.39. The summed E-state index contributed by atoms with van der Waals surface area (Å²) in [5.74, 6) is 0. The zero-order valence-electron chi connectivity index (χ0n) is 9.28. The zero-order valence-corrected chi connectivity index (χ0v) is 9.28. The summed E-state index contributed by atoms with van der Waals surface area (Å²) in [6.45, 7) is 0.432. The van der Waals surface area contributed by atoms with Crippen molar-refractivity contribution in [2.24, 2.45) is 0 Å². The number of benzene rings is 1. The van der Waals surface area contributed by atoms with Gasteiger partial charge < -0.3 is 4.74 Å². The summed E-state index contributed by atoms with van der Waals surface area (Å²) in [5.41, 5.74) is 0.643. The lowest BCUT2D eigenvalue weighted by Crippen LogP contribution is -2.14. The molecule has 1 unspecified atom stereocenters. The Kier molecular flexibility index (Phi) is 3.10. The molecular weight excluding hydrogens is 238 g/mol. The number of ether oxygens (including phenoxy) is 1. The maximum atomic E-state index is 11.4. The Morgan fingerprint density at radius 2 is 2.22 bits per heavy atom. The van der Waals surface area contributed by atoms with Gasteiger partial charge in [0.05, 0.1) is 17.5 Å². The van der Waals surface area contributed by atoms with E-state index in [9.17, 15) is 14.9 Å². The second kappa shape index (κ2) is 4.71. The fourth-order valence-corrected chi connectivity index (χ4v) is 1.39. The second-order valence-electron chi connectivity index (χ2n) is 3.78. The van der Waals surface area contributed by atoms with Crippen molar-refractivity contribution < 1.29 is 14.5 Å². The molecule has 92 valence electrons. The predicted octanol–water partition coefficient (Wildman–Crippen LogP) is 1.44. The van der Waals surface area contributed by atoms with Crippen LogP contribution in [-0.2, 0) is 11.3 Å². The predicted molar refractivity (Wildman–Crippen MR) is 59.4 cm³/mol. The maximum Gasteiger partial charge on any atom is 0.411 e. The van der Waals surface area contributed by atoms with Crippen molar-refractivity contribution in [3.05, 3.63) is 39.9 Å². The van der Waals surface area contributed by atoms with Crippen molar-refractivity contribution >= 4 is 11.8 Å². The summed E-state index contributed by atoms with van der Waals surface area (Å²) in [5, 5.41) is 19.0. The topological polar surface area (TPSA) is 96.2 Å². The number of nitro groups is 1. The summed E-state index contributed by atoms with van der Waals surface area (Å²) in [6.07, 6.45) is -0.542. The van der Waals surface area contributed by atoms with Crippen LogP contribution >= 0.6 is 0 Å². The molecule has 0 bridgehead atoms. The molecule has 0 aliphatic carbocycles. The standard InChI is InChI=1S/C11H9N3O4/c12-5-10-6-13(10)11(15)18-7-8-1-3-9(4-2-8)14(16)17/h1-4,10H,6-7H2. The molecule has 0 saturated carbocycles. The highest BCUT2D eigenvalue weighted by molar-refractivity contribution is 5.71. The summed E-state index contributed by atoms with van der Waals surface area (Å²) in [4.78, 5) is 22.6. The van der Waals surface area contributed by atoms with Crippen LogP contribution in [-0.4, -0.2) is 28.5 Å². The van der Waals surface area contributed by atoms with E-state index in [4.69, 9.17) is 10.00 Å². The third-order valence-corrected chi connectivity index (χ3v) is 2.51. The van der Waals surface area contributed by atoms with Gasteiger partial charge in [0, 0.05) is 12.1 Å². The van der Waals surface area contributed by atoms with Crippen LogP contribution < -0.4 is 0 Å². The number of nitrogens with zero attached hydrogens (tertiary/aromatic N) is 3. The van der Waals surface area contributed by atoms with Gasteiger partial charge in [-0.15, -0.1) is 0 Å². The molecule has 7 nitrogen and oxygen atoms in total. The first-order chi connectivity index (χ1) is 8.61. The number of rotatable bonds is 3. The van der Waals surface area contributed by atoms with Crippen LogP contribution in [0, 0.1) is 21.4 Å². The van der Waals surface area contributed by atoms with Crippen molar-refractivity contribution in [1.29, 1.82) is 5.26 Å². The van der Waals surface area contributed by atoms with Gasteiger partial charge in [-0.2, -0.15) is 5.26 Å². The fraction of sp³-hybridized carbons (Fsp3) is 0.273. The van der Waals surface area contributed by atoms with Gasteiger partial charge in [0.2, 0.25) is 0 Å². The minimum absolute atomic E-state index is 0.0134. The second-order valence-corrected chi connectivity index (χ2v) is 3.78. The van der Waals surface area contributed by atoms with Crippen LogP contribution in [0.5, 0.6) is 0 Å². The number of amides is 1. The first kappa shape index (κ1) is 11.9. The normalized spacial score (nSPS) is 16.8. The third kappa shape index (κ3) is 2.55. The number of nitro benzene ring substituents is 1. The van der Waals surface area contributed by atoms with Gasteiger partial charge in [-0.25, -0.2) is 4.79 Å². The molecule has 1 aliphatic rings. The highest BCUT2D eigenvalue weighted by Crippen LogP contribution is 2.18. The molecule has 1 aromatic rings. The molecule has 1 atom stereocenters. The number of hydrogen-bond donors (Lipinski definition) is 0. The molecule has 1 aliphatic heterocycles. The van der Waals surface area contributed by atoms with Crippen molar-refractivity contribution in [3.8, 4) is 6.07 Å². The molecule has 0 aromatic heterocycles. The zero-order chi connectivity index (χ0) is 13.1. The number of carbonyl (C=O) groups excluding carboxylic acids is 1. The lowest BCUT2D eigenvalue weighted by atomic mass is 10.2. The number of hydrogen-bond acceptors (Lipinski definition) is 5. The summed E-state index contributed by atoms with van der Waals surface area (Å²) >= 11 is 0. The Hall–Kier alpha value is -2.62. The van der Waals surface area contributed by atoms with Gasteiger partial charge in [-0.3, -0.25) is 15.0 Å². The molecule has 1 amide bonds. The molecule has 0 radical (unpaired) electrons. The molecule has 1 fully saturated rings. The average molecular weight is 247 g/mol. The van der Waals surface area contributed by atoms with Crippen LogP contribution in [0.3, 0.4) is 0 Å². The van der Waals surface area contributed by atoms with E-state index in [1.165, 1.54) is 29.2 Å². The maximum absolute atomic E-state index is 11.4. The van der Waals surface area contributed by atoms with E-state index in [-0.39, 0.29) is 18.3 Å². The largest absolute Gasteiger partial charge is 0.445 e. The van der Waals surface area contributed by atoms with Crippen molar-refractivity contribution in [2.75, 3.05) is 6.54 Å². The van der Waals surface area contributed by atoms with Crippen LogP contribution in [0.15, 0.2) is 24.3 Å². The molecule has 2 rings (SSSR count). The van der Waals surface area contributed by atoms with Crippen molar-refractivity contribution in [2.45, 2.75) is 12.6 Å². The van der Waals surface area contributed by atoms with Gasteiger partial charge in [0.25, 0.3) is 5.69 Å². The van der Waals surface area contributed by atoms with Gasteiger partial charge in [-0.05, 0) is 17.7 Å². The molecule has 1 heterocycles. The van der Waals surface area contributed by atoms with E-state index in [0.717, 1.165) is 0 Å². The molecule has 18 heavy (non-hydrogen) atoms. The Morgan fingerprint density at radius 1 is 1.56 bits per heavy atom. The first-order valence-corrected chi connectivity index (χ1v) is 5.18. The number of nitriles is 1. The lowest BCUT2D eigenvalue weighted by molar-refractivity contribution is -0.384. The van der Waals surface area contributed by atoms with Crippen LogP contribution in [0.2, 0.25) is 0 Å².